The zero-order valence-corrected chi connectivity index (χ0v) is 10.1. The van der Waals surface area contributed by atoms with Gasteiger partial charge in [0.05, 0.1) is 6.54 Å². The minimum Gasteiger partial charge on any atom is -0.448 e. The Morgan fingerprint density at radius 3 is 2.12 bits per heavy atom. The van der Waals surface area contributed by atoms with Crippen molar-refractivity contribution in [2.75, 3.05) is 13.2 Å². The number of aryl methyl sites for hydroxylation is 1. The van der Waals surface area contributed by atoms with Gasteiger partial charge in [-0.05, 0) is 20.8 Å². The normalized spacial score (nSPS) is 14.5. The third-order valence-corrected chi connectivity index (χ3v) is 2.36. The van der Waals surface area contributed by atoms with E-state index in [0.29, 0.717) is 6.61 Å². The number of ether oxygens (including phenoxy) is 1. The molecule has 1 aromatic carbocycles. The quantitative estimate of drug-likeness (QED) is 0.729. The molecule has 1 aliphatic rings. The van der Waals surface area contributed by atoms with E-state index < -0.39 is 0 Å². The second-order valence-electron chi connectivity index (χ2n) is 4.06. The van der Waals surface area contributed by atoms with Crippen molar-refractivity contribution in [3.63, 3.8) is 0 Å². The van der Waals surface area contributed by atoms with Crippen molar-refractivity contribution in [1.29, 1.82) is 0 Å². The molecule has 1 heterocycles. The van der Waals surface area contributed by atoms with Gasteiger partial charge in [-0.25, -0.2) is 4.79 Å². The number of nitrogens with zero attached hydrogens (tertiary/aromatic N) is 1. The van der Waals surface area contributed by atoms with E-state index in [9.17, 15) is 4.79 Å². The van der Waals surface area contributed by atoms with Gasteiger partial charge < -0.3 is 9.64 Å². The van der Waals surface area contributed by atoms with Gasteiger partial charge in [0.2, 0.25) is 0 Å². The number of rotatable bonds is 1. The van der Waals surface area contributed by atoms with E-state index in [1.165, 1.54) is 5.56 Å². The molecule has 1 fully saturated rings. The highest BCUT2D eigenvalue weighted by Crippen LogP contribution is 2.06. The molecule has 0 unspecified atom stereocenters. The summed E-state index contributed by atoms with van der Waals surface area (Å²) < 4.78 is 4.71. The molecule has 0 radical (unpaired) electrons. The first-order chi connectivity index (χ1) is 7.61. The average Bonchev–Trinajstić information content (AvgIpc) is 2.66. The summed E-state index contributed by atoms with van der Waals surface area (Å²) in [6, 6.07) is 10.5. The molecule has 16 heavy (non-hydrogen) atoms. The van der Waals surface area contributed by atoms with Gasteiger partial charge in [0.25, 0.3) is 0 Å². The third kappa shape index (κ3) is 3.93. The van der Waals surface area contributed by atoms with Gasteiger partial charge in [0.1, 0.15) is 6.61 Å². The van der Waals surface area contributed by atoms with Crippen molar-refractivity contribution < 1.29 is 9.53 Å². The topological polar surface area (TPSA) is 29.5 Å². The highest BCUT2D eigenvalue weighted by molar-refractivity contribution is 5.69. The highest BCUT2D eigenvalue weighted by atomic mass is 16.6. The first-order valence-electron chi connectivity index (χ1n) is 5.56. The minimum absolute atomic E-state index is 0.176. The van der Waals surface area contributed by atoms with Crippen LogP contribution in [-0.2, 0) is 4.74 Å². The predicted octanol–water partition coefficient (Wildman–Crippen LogP) is 2.84. The van der Waals surface area contributed by atoms with Crippen LogP contribution in [0.25, 0.3) is 0 Å². The van der Waals surface area contributed by atoms with Crippen LogP contribution in [0.2, 0.25) is 0 Å². The van der Waals surface area contributed by atoms with E-state index in [4.69, 9.17) is 4.74 Å². The van der Waals surface area contributed by atoms with Crippen LogP contribution in [0, 0.1) is 6.92 Å². The van der Waals surface area contributed by atoms with E-state index in [2.05, 4.69) is 19.1 Å². The van der Waals surface area contributed by atoms with Crippen LogP contribution in [0.5, 0.6) is 0 Å². The van der Waals surface area contributed by atoms with E-state index in [1.807, 2.05) is 32.0 Å². The Bertz CT molecular complexity index is 322. The predicted molar refractivity (Wildman–Crippen MR) is 64.4 cm³/mol. The summed E-state index contributed by atoms with van der Waals surface area (Å²) in [7, 11) is 0. The molecule has 3 heteroatoms. The van der Waals surface area contributed by atoms with Gasteiger partial charge >= 0.3 is 6.09 Å². The van der Waals surface area contributed by atoms with Crippen LogP contribution in [0.4, 0.5) is 4.79 Å². The summed E-state index contributed by atoms with van der Waals surface area (Å²) in [6.07, 6.45) is -0.176. The van der Waals surface area contributed by atoms with Gasteiger partial charge in [-0.3, -0.25) is 0 Å². The molecule has 0 spiro atoms. The summed E-state index contributed by atoms with van der Waals surface area (Å²) in [4.78, 5) is 12.4. The molecule has 88 valence electrons. The van der Waals surface area contributed by atoms with Gasteiger partial charge in [0.15, 0.2) is 0 Å². The fourth-order valence-electron chi connectivity index (χ4n) is 1.41. The van der Waals surface area contributed by atoms with Crippen molar-refractivity contribution in [2.45, 2.75) is 26.8 Å². The SMILES string of the molecule is CC(C)N1CCOC1=O.Cc1ccccc1. The lowest BCUT2D eigenvalue weighted by atomic mass is 10.2. The highest BCUT2D eigenvalue weighted by Gasteiger charge is 2.23. The molecular weight excluding hydrogens is 202 g/mol. The second-order valence-corrected chi connectivity index (χ2v) is 4.06. The zero-order chi connectivity index (χ0) is 12.0. The lowest BCUT2D eigenvalue weighted by molar-refractivity contribution is 0.152. The molecule has 0 bridgehead atoms. The van der Waals surface area contributed by atoms with Crippen molar-refractivity contribution in [1.82, 2.24) is 4.90 Å². The minimum atomic E-state index is -0.176. The Morgan fingerprint density at radius 1 is 1.25 bits per heavy atom. The molecule has 1 saturated heterocycles. The van der Waals surface area contributed by atoms with Gasteiger partial charge in [-0.2, -0.15) is 0 Å². The smallest absolute Gasteiger partial charge is 0.410 e. The number of hydrogen-bond donors (Lipinski definition) is 0. The molecule has 1 aromatic rings. The van der Waals surface area contributed by atoms with E-state index in [1.54, 1.807) is 4.90 Å². The lowest BCUT2D eigenvalue weighted by Gasteiger charge is -2.15. The van der Waals surface area contributed by atoms with E-state index in [0.717, 1.165) is 6.54 Å². The molecular formula is C13H19NO2. The van der Waals surface area contributed by atoms with Crippen LogP contribution < -0.4 is 0 Å². The first kappa shape index (κ1) is 12.6. The molecule has 1 amide bonds. The Kier molecular flexibility index (Phi) is 4.83. The summed E-state index contributed by atoms with van der Waals surface area (Å²) >= 11 is 0. The Morgan fingerprint density at radius 2 is 1.88 bits per heavy atom. The summed E-state index contributed by atoms with van der Waals surface area (Å²) in [5.74, 6) is 0. The molecule has 0 saturated carbocycles. The van der Waals surface area contributed by atoms with Crippen molar-refractivity contribution in [3.8, 4) is 0 Å². The Balaban J connectivity index is 0.000000165. The van der Waals surface area contributed by atoms with Gasteiger partial charge in [-0.15, -0.1) is 0 Å². The maximum absolute atomic E-state index is 10.7. The van der Waals surface area contributed by atoms with Crippen molar-refractivity contribution >= 4 is 6.09 Å². The standard InChI is InChI=1S/C7H8.C6H11NO2/c1-7-5-3-2-4-6-7;1-5(2)7-3-4-9-6(7)8/h2-6H,1H3;5H,3-4H2,1-2H3. The summed E-state index contributed by atoms with van der Waals surface area (Å²) in [5, 5.41) is 0. The van der Waals surface area contributed by atoms with Gasteiger partial charge in [0, 0.05) is 6.04 Å². The number of amides is 1. The molecule has 0 aliphatic carbocycles. The monoisotopic (exact) mass is 221 g/mol. The maximum atomic E-state index is 10.7. The van der Waals surface area contributed by atoms with Gasteiger partial charge in [-0.1, -0.05) is 35.9 Å². The zero-order valence-electron chi connectivity index (χ0n) is 10.1. The molecule has 0 atom stereocenters. The van der Waals surface area contributed by atoms with Crippen LogP contribution in [0.3, 0.4) is 0 Å². The Labute approximate surface area is 97.0 Å². The van der Waals surface area contributed by atoms with E-state index >= 15 is 0 Å². The number of carbonyl (C=O) groups excluding carboxylic acids is 1. The molecule has 0 N–H and O–H groups in total. The fraction of sp³-hybridized carbons (Fsp3) is 0.462. The fourth-order valence-corrected chi connectivity index (χ4v) is 1.41. The van der Waals surface area contributed by atoms with Crippen molar-refractivity contribution in [3.05, 3.63) is 35.9 Å². The maximum Gasteiger partial charge on any atom is 0.410 e. The molecule has 3 nitrogen and oxygen atoms in total. The summed E-state index contributed by atoms with van der Waals surface area (Å²) in [5.41, 5.74) is 1.32. The van der Waals surface area contributed by atoms with E-state index in [-0.39, 0.29) is 12.1 Å². The van der Waals surface area contributed by atoms with Crippen LogP contribution in [0.15, 0.2) is 30.3 Å². The molecule has 2 rings (SSSR count). The number of benzene rings is 1. The molecule has 0 aromatic heterocycles. The Hall–Kier alpha value is -1.51. The number of hydrogen-bond acceptors (Lipinski definition) is 2. The largest absolute Gasteiger partial charge is 0.448 e. The van der Waals surface area contributed by atoms with Crippen LogP contribution >= 0.6 is 0 Å². The van der Waals surface area contributed by atoms with Crippen molar-refractivity contribution in [2.24, 2.45) is 0 Å². The molecule has 1 aliphatic heterocycles. The summed E-state index contributed by atoms with van der Waals surface area (Å²) in [6.45, 7) is 7.34. The lowest BCUT2D eigenvalue weighted by Crippen LogP contribution is -2.31. The third-order valence-electron chi connectivity index (χ3n) is 2.36. The van der Waals surface area contributed by atoms with Crippen LogP contribution in [-0.4, -0.2) is 30.2 Å². The average molecular weight is 221 g/mol. The first-order valence-corrected chi connectivity index (χ1v) is 5.56. The number of cyclic esters (lactones) is 1. The van der Waals surface area contributed by atoms with Crippen LogP contribution in [0.1, 0.15) is 19.4 Å². The number of carbonyl (C=O) groups is 1. The second kappa shape index (κ2) is 6.16.